The summed E-state index contributed by atoms with van der Waals surface area (Å²) in [6.45, 7) is 3.00. The van der Waals surface area contributed by atoms with Crippen LogP contribution in [0.3, 0.4) is 0 Å². The number of hydrogen-bond acceptors (Lipinski definition) is 6. The summed E-state index contributed by atoms with van der Waals surface area (Å²) in [6, 6.07) is 4.25. The zero-order chi connectivity index (χ0) is 16.4. The molecule has 0 atom stereocenters. The van der Waals surface area contributed by atoms with Crippen LogP contribution in [0, 0.1) is 0 Å². The highest BCUT2D eigenvalue weighted by Crippen LogP contribution is 2.40. The van der Waals surface area contributed by atoms with Crippen molar-refractivity contribution in [3.05, 3.63) is 29.3 Å². The van der Waals surface area contributed by atoms with E-state index in [0.29, 0.717) is 11.1 Å². The summed E-state index contributed by atoms with van der Waals surface area (Å²) in [7, 11) is 1.43. The van der Waals surface area contributed by atoms with Gasteiger partial charge in [0.15, 0.2) is 5.78 Å². The van der Waals surface area contributed by atoms with Crippen molar-refractivity contribution >= 4 is 22.5 Å². The van der Waals surface area contributed by atoms with Crippen LogP contribution in [0.25, 0.3) is 10.8 Å². The van der Waals surface area contributed by atoms with Crippen LogP contribution in [0.2, 0.25) is 0 Å². The Balaban J connectivity index is 2.86. The third kappa shape index (κ3) is 2.55. The first-order valence-electron chi connectivity index (χ1n) is 6.65. The standard InChI is InChI=1S/C16H16O6/c1-4-22-16(20)11-6-9-5-10(21-3)7-12(18)14(9)15(19)13(11)8(2)17/h5-7,18-19H,4H2,1-3H3. The molecule has 2 N–H and O–H groups in total. The summed E-state index contributed by atoms with van der Waals surface area (Å²) in [6.07, 6.45) is 0. The molecule has 0 aromatic heterocycles. The van der Waals surface area contributed by atoms with Gasteiger partial charge < -0.3 is 19.7 Å². The number of aromatic hydroxyl groups is 2. The number of ketones is 1. The van der Waals surface area contributed by atoms with Gasteiger partial charge in [-0.25, -0.2) is 4.79 Å². The Morgan fingerprint density at radius 2 is 1.86 bits per heavy atom. The van der Waals surface area contributed by atoms with E-state index in [-0.39, 0.29) is 28.9 Å². The van der Waals surface area contributed by atoms with Gasteiger partial charge in [0, 0.05) is 6.07 Å². The number of phenolic OH excluding ortho intramolecular Hbond substituents is 2. The van der Waals surface area contributed by atoms with Gasteiger partial charge in [0.05, 0.1) is 30.2 Å². The molecule has 0 unspecified atom stereocenters. The Morgan fingerprint density at radius 1 is 1.18 bits per heavy atom. The minimum Gasteiger partial charge on any atom is -0.507 e. The summed E-state index contributed by atoms with van der Waals surface area (Å²) in [5, 5.41) is 20.8. The largest absolute Gasteiger partial charge is 0.507 e. The quantitative estimate of drug-likeness (QED) is 0.666. The van der Waals surface area contributed by atoms with Crippen molar-refractivity contribution < 1.29 is 29.3 Å². The van der Waals surface area contributed by atoms with Gasteiger partial charge in [0.1, 0.15) is 17.2 Å². The van der Waals surface area contributed by atoms with Crippen LogP contribution < -0.4 is 4.74 Å². The molecule has 6 heteroatoms. The molecule has 116 valence electrons. The van der Waals surface area contributed by atoms with Crippen molar-refractivity contribution in [2.45, 2.75) is 13.8 Å². The molecule has 6 nitrogen and oxygen atoms in total. The maximum atomic E-state index is 12.0. The number of methoxy groups -OCH3 is 1. The average Bonchev–Trinajstić information content (AvgIpc) is 2.45. The molecule has 0 bridgehead atoms. The molecule has 0 aliphatic heterocycles. The average molecular weight is 304 g/mol. The predicted molar refractivity (Wildman–Crippen MR) is 79.8 cm³/mol. The third-order valence-electron chi connectivity index (χ3n) is 3.25. The number of carbonyl (C=O) groups is 2. The molecule has 0 aliphatic rings. The lowest BCUT2D eigenvalue weighted by atomic mass is 9.96. The molecule has 0 radical (unpaired) electrons. The maximum Gasteiger partial charge on any atom is 0.339 e. The topological polar surface area (TPSA) is 93.1 Å². The van der Waals surface area contributed by atoms with E-state index in [2.05, 4.69) is 0 Å². The molecule has 22 heavy (non-hydrogen) atoms. The van der Waals surface area contributed by atoms with E-state index in [1.165, 1.54) is 26.2 Å². The van der Waals surface area contributed by atoms with Crippen molar-refractivity contribution in [1.82, 2.24) is 0 Å². The summed E-state index contributed by atoms with van der Waals surface area (Å²) in [4.78, 5) is 23.8. The molecule has 2 aromatic rings. The highest BCUT2D eigenvalue weighted by Gasteiger charge is 2.24. The van der Waals surface area contributed by atoms with Crippen LogP contribution in [0.5, 0.6) is 17.2 Å². The molecule has 0 heterocycles. The molecule has 0 amide bonds. The SMILES string of the molecule is CCOC(=O)c1cc2cc(OC)cc(O)c2c(O)c1C(C)=O. The van der Waals surface area contributed by atoms with Gasteiger partial charge in [0.25, 0.3) is 0 Å². The number of esters is 1. The van der Waals surface area contributed by atoms with Gasteiger partial charge in [-0.15, -0.1) is 0 Å². The lowest BCUT2D eigenvalue weighted by Gasteiger charge is -2.13. The Morgan fingerprint density at radius 3 is 2.41 bits per heavy atom. The predicted octanol–water partition coefficient (Wildman–Crippen LogP) is 2.64. The number of hydrogen-bond donors (Lipinski definition) is 2. The summed E-state index contributed by atoms with van der Waals surface area (Å²) < 4.78 is 9.96. The molecular formula is C16H16O6. The van der Waals surface area contributed by atoms with Crippen LogP contribution >= 0.6 is 0 Å². The van der Waals surface area contributed by atoms with E-state index < -0.39 is 17.5 Å². The summed E-state index contributed by atoms with van der Waals surface area (Å²) >= 11 is 0. The first-order valence-corrected chi connectivity index (χ1v) is 6.65. The molecular weight excluding hydrogens is 288 g/mol. The number of fused-ring (bicyclic) bond motifs is 1. The molecule has 0 saturated heterocycles. The van der Waals surface area contributed by atoms with Crippen molar-refractivity contribution in [2.24, 2.45) is 0 Å². The smallest absolute Gasteiger partial charge is 0.339 e. The summed E-state index contributed by atoms with van der Waals surface area (Å²) in [5.41, 5.74) is -0.224. The Bertz CT molecular complexity index is 763. The van der Waals surface area contributed by atoms with Crippen molar-refractivity contribution in [3.8, 4) is 17.2 Å². The fourth-order valence-corrected chi connectivity index (χ4v) is 2.32. The van der Waals surface area contributed by atoms with Gasteiger partial charge in [-0.05, 0) is 31.4 Å². The number of rotatable bonds is 4. The highest BCUT2D eigenvalue weighted by molar-refractivity contribution is 6.13. The first kappa shape index (κ1) is 15.6. The van der Waals surface area contributed by atoms with Crippen LogP contribution in [0.4, 0.5) is 0 Å². The minimum atomic E-state index is -0.716. The van der Waals surface area contributed by atoms with Crippen LogP contribution in [-0.2, 0) is 4.74 Å². The highest BCUT2D eigenvalue weighted by atomic mass is 16.5. The number of benzene rings is 2. The first-order chi connectivity index (χ1) is 10.4. The van der Waals surface area contributed by atoms with Crippen molar-refractivity contribution in [3.63, 3.8) is 0 Å². The number of Topliss-reactive ketones (excluding diaryl/α,β-unsaturated/α-hetero) is 1. The zero-order valence-corrected chi connectivity index (χ0v) is 12.5. The van der Waals surface area contributed by atoms with E-state index in [9.17, 15) is 19.8 Å². The second-order valence-corrected chi connectivity index (χ2v) is 4.67. The van der Waals surface area contributed by atoms with E-state index in [0.717, 1.165) is 0 Å². The summed E-state index contributed by atoms with van der Waals surface area (Å²) in [5.74, 6) is -1.56. The van der Waals surface area contributed by atoms with Crippen LogP contribution in [-0.4, -0.2) is 35.7 Å². The molecule has 0 saturated carbocycles. The zero-order valence-electron chi connectivity index (χ0n) is 12.5. The fraction of sp³-hybridized carbons (Fsp3) is 0.250. The number of carbonyl (C=O) groups excluding carboxylic acids is 2. The Hall–Kier alpha value is -2.76. The maximum absolute atomic E-state index is 12.0. The monoisotopic (exact) mass is 304 g/mol. The van der Waals surface area contributed by atoms with Gasteiger partial charge in [-0.1, -0.05) is 0 Å². The third-order valence-corrected chi connectivity index (χ3v) is 3.25. The Kier molecular flexibility index (Phi) is 4.21. The fourth-order valence-electron chi connectivity index (χ4n) is 2.32. The van der Waals surface area contributed by atoms with Crippen LogP contribution in [0.1, 0.15) is 34.6 Å². The van der Waals surface area contributed by atoms with E-state index in [4.69, 9.17) is 9.47 Å². The number of ether oxygens (including phenoxy) is 2. The van der Waals surface area contributed by atoms with Gasteiger partial charge in [-0.2, -0.15) is 0 Å². The Labute approximate surface area is 126 Å². The normalized spacial score (nSPS) is 10.5. The van der Waals surface area contributed by atoms with E-state index >= 15 is 0 Å². The van der Waals surface area contributed by atoms with E-state index in [1.807, 2.05) is 0 Å². The van der Waals surface area contributed by atoms with Crippen molar-refractivity contribution in [1.29, 1.82) is 0 Å². The van der Waals surface area contributed by atoms with E-state index in [1.54, 1.807) is 13.0 Å². The number of phenols is 2. The molecule has 0 spiro atoms. The lowest BCUT2D eigenvalue weighted by molar-refractivity contribution is 0.0523. The van der Waals surface area contributed by atoms with Crippen LogP contribution in [0.15, 0.2) is 18.2 Å². The van der Waals surface area contributed by atoms with Gasteiger partial charge in [-0.3, -0.25) is 4.79 Å². The molecule has 0 aliphatic carbocycles. The molecule has 2 aromatic carbocycles. The molecule has 2 rings (SSSR count). The van der Waals surface area contributed by atoms with Crippen molar-refractivity contribution in [2.75, 3.05) is 13.7 Å². The second kappa shape index (κ2) is 5.93. The van der Waals surface area contributed by atoms with Gasteiger partial charge in [0.2, 0.25) is 0 Å². The second-order valence-electron chi connectivity index (χ2n) is 4.67. The lowest BCUT2D eigenvalue weighted by Crippen LogP contribution is -2.11. The minimum absolute atomic E-state index is 0.0491. The molecule has 0 fully saturated rings. The van der Waals surface area contributed by atoms with Gasteiger partial charge >= 0.3 is 5.97 Å².